The Bertz CT molecular complexity index is 1020. The number of likely N-dealkylation sites (N-methyl/N-ethyl adjacent to an activating group) is 2. The van der Waals surface area contributed by atoms with Crippen molar-refractivity contribution in [3.63, 3.8) is 0 Å². The zero-order valence-corrected chi connectivity index (χ0v) is 16.9. The normalized spacial score (nSPS) is 16.3. The van der Waals surface area contributed by atoms with Crippen LogP contribution in [0.25, 0.3) is 11.1 Å². The molecule has 0 unspecified atom stereocenters. The molecular weight excluding hydrogens is 360 g/mol. The quantitative estimate of drug-likeness (QED) is 0.746. The number of fused-ring (bicyclic) bond motifs is 1. The van der Waals surface area contributed by atoms with Crippen LogP contribution in [0.15, 0.2) is 67.0 Å². The fraction of sp³-hybridized carbons (Fsp3) is 0.250. The van der Waals surface area contributed by atoms with Crippen LogP contribution in [0.5, 0.6) is 0 Å². The van der Waals surface area contributed by atoms with Crippen molar-refractivity contribution in [1.82, 2.24) is 14.8 Å². The van der Waals surface area contributed by atoms with E-state index in [1.165, 1.54) is 11.1 Å². The molecule has 0 aliphatic carbocycles. The lowest BCUT2D eigenvalue weighted by atomic mass is 9.94. The number of nitrogen functional groups attached to an aromatic ring is 1. The first-order valence-electron chi connectivity index (χ1n) is 9.85. The molecule has 1 aliphatic heterocycles. The van der Waals surface area contributed by atoms with Crippen LogP contribution < -0.4 is 5.73 Å². The van der Waals surface area contributed by atoms with Crippen LogP contribution in [0, 0.1) is 0 Å². The van der Waals surface area contributed by atoms with Crippen LogP contribution in [0.1, 0.15) is 21.5 Å². The predicted molar refractivity (Wildman–Crippen MR) is 116 cm³/mol. The van der Waals surface area contributed by atoms with E-state index in [2.05, 4.69) is 41.2 Å². The Morgan fingerprint density at radius 1 is 1.14 bits per heavy atom. The van der Waals surface area contributed by atoms with Crippen LogP contribution in [0.2, 0.25) is 0 Å². The number of rotatable bonds is 4. The van der Waals surface area contributed by atoms with Gasteiger partial charge in [0.05, 0.1) is 0 Å². The van der Waals surface area contributed by atoms with Crippen molar-refractivity contribution in [3.8, 4) is 11.1 Å². The van der Waals surface area contributed by atoms with Gasteiger partial charge >= 0.3 is 0 Å². The molecule has 1 aliphatic rings. The maximum Gasteiger partial charge on any atom is 0.253 e. The molecule has 5 heteroatoms. The average molecular weight is 386 g/mol. The van der Waals surface area contributed by atoms with Crippen molar-refractivity contribution in [2.24, 2.45) is 0 Å². The maximum atomic E-state index is 13.0. The summed E-state index contributed by atoms with van der Waals surface area (Å²) in [5.74, 6) is 0.0305. The first-order valence-corrected chi connectivity index (χ1v) is 9.85. The summed E-state index contributed by atoms with van der Waals surface area (Å²) in [5.41, 5.74) is 12.0. The zero-order chi connectivity index (χ0) is 20.4. The van der Waals surface area contributed by atoms with Crippen molar-refractivity contribution in [3.05, 3.63) is 83.7 Å². The molecule has 1 atom stereocenters. The van der Waals surface area contributed by atoms with Gasteiger partial charge in [-0.2, -0.15) is 0 Å². The summed E-state index contributed by atoms with van der Waals surface area (Å²) in [6, 6.07) is 18.2. The second-order valence-corrected chi connectivity index (χ2v) is 7.77. The molecule has 1 amide bonds. The van der Waals surface area contributed by atoms with E-state index < -0.39 is 0 Å². The van der Waals surface area contributed by atoms with Crippen LogP contribution >= 0.6 is 0 Å². The molecule has 148 valence electrons. The number of amides is 1. The van der Waals surface area contributed by atoms with Crippen LogP contribution in [0.3, 0.4) is 0 Å². The van der Waals surface area contributed by atoms with Crippen molar-refractivity contribution in [2.75, 3.05) is 26.4 Å². The molecule has 5 nitrogen and oxygen atoms in total. The number of carbonyl (C=O) groups is 1. The summed E-state index contributed by atoms with van der Waals surface area (Å²) in [4.78, 5) is 21.2. The number of nitrogens with two attached hydrogens (primary N) is 1. The van der Waals surface area contributed by atoms with Gasteiger partial charge in [0.2, 0.25) is 0 Å². The van der Waals surface area contributed by atoms with Crippen molar-refractivity contribution in [2.45, 2.75) is 19.0 Å². The number of benzene rings is 2. The molecule has 3 aromatic rings. The molecule has 29 heavy (non-hydrogen) atoms. The highest BCUT2D eigenvalue weighted by molar-refractivity contribution is 5.94. The topological polar surface area (TPSA) is 62.5 Å². The summed E-state index contributed by atoms with van der Waals surface area (Å²) in [6.45, 7) is 1.62. The number of pyridine rings is 1. The molecule has 4 rings (SSSR count). The van der Waals surface area contributed by atoms with Gasteiger partial charge in [0.1, 0.15) is 0 Å². The van der Waals surface area contributed by atoms with E-state index >= 15 is 0 Å². The first kappa shape index (κ1) is 19.2. The minimum Gasteiger partial charge on any atom is -0.398 e. The SMILES string of the molecule is CN(C[C@H]1Cc2ccccc2CN1C)C(=O)c1ccc(-c2cnccc2N)cc1. The van der Waals surface area contributed by atoms with E-state index in [9.17, 15) is 4.79 Å². The average Bonchev–Trinajstić information content (AvgIpc) is 2.74. The van der Waals surface area contributed by atoms with Gasteiger partial charge in [0.15, 0.2) is 0 Å². The molecule has 0 bridgehead atoms. The molecule has 1 aromatic heterocycles. The van der Waals surface area contributed by atoms with E-state index in [0.29, 0.717) is 23.8 Å². The monoisotopic (exact) mass is 386 g/mol. The smallest absolute Gasteiger partial charge is 0.253 e. The lowest BCUT2D eigenvalue weighted by Crippen LogP contribution is -2.46. The molecule has 0 saturated carbocycles. The van der Waals surface area contributed by atoms with Gasteiger partial charge in [-0.25, -0.2) is 0 Å². The summed E-state index contributed by atoms with van der Waals surface area (Å²) in [5, 5.41) is 0. The Balaban J connectivity index is 1.45. The number of aromatic nitrogens is 1. The van der Waals surface area contributed by atoms with Crippen molar-refractivity contribution >= 4 is 11.6 Å². The van der Waals surface area contributed by atoms with Crippen molar-refractivity contribution < 1.29 is 4.79 Å². The molecular formula is C24H26N4O. The third-order valence-electron chi connectivity index (χ3n) is 5.75. The lowest BCUT2D eigenvalue weighted by Gasteiger charge is -2.36. The molecule has 2 aromatic carbocycles. The van der Waals surface area contributed by atoms with Gasteiger partial charge in [-0.05, 0) is 48.4 Å². The third kappa shape index (κ3) is 4.00. The van der Waals surface area contributed by atoms with Gasteiger partial charge in [0, 0.05) is 55.4 Å². The maximum absolute atomic E-state index is 13.0. The van der Waals surface area contributed by atoms with Gasteiger partial charge in [-0.1, -0.05) is 36.4 Å². The molecule has 0 fully saturated rings. The van der Waals surface area contributed by atoms with Gasteiger partial charge in [0.25, 0.3) is 5.91 Å². The minimum absolute atomic E-state index is 0.0305. The predicted octanol–water partition coefficient (Wildman–Crippen LogP) is 3.46. The molecule has 0 radical (unpaired) electrons. The fourth-order valence-electron chi connectivity index (χ4n) is 3.98. The molecule has 2 heterocycles. The third-order valence-corrected chi connectivity index (χ3v) is 5.75. The van der Waals surface area contributed by atoms with Gasteiger partial charge in [-0.3, -0.25) is 14.7 Å². The Morgan fingerprint density at radius 3 is 2.59 bits per heavy atom. The Morgan fingerprint density at radius 2 is 1.86 bits per heavy atom. The Labute approximate surface area is 171 Å². The highest BCUT2D eigenvalue weighted by Gasteiger charge is 2.25. The number of carbonyl (C=O) groups excluding carboxylic acids is 1. The second kappa shape index (κ2) is 8.05. The van der Waals surface area contributed by atoms with E-state index in [1.54, 1.807) is 18.5 Å². The number of hydrogen-bond acceptors (Lipinski definition) is 4. The standard InChI is InChI=1S/C24H26N4O/c1-27-15-20-6-4-3-5-19(20)13-21(27)16-28(2)24(29)18-9-7-17(8-10-18)22-14-26-12-11-23(22)25/h3-12,14,21H,13,15-16H2,1-2H3,(H2,25,26)/t21-/m1/s1. The highest BCUT2D eigenvalue weighted by Crippen LogP contribution is 2.25. The second-order valence-electron chi connectivity index (χ2n) is 7.77. The van der Waals surface area contributed by atoms with E-state index in [0.717, 1.165) is 24.1 Å². The minimum atomic E-state index is 0.0305. The summed E-state index contributed by atoms with van der Waals surface area (Å²) in [7, 11) is 4.01. The molecule has 2 N–H and O–H groups in total. The van der Waals surface area contributed by atoms with Gasteiger partial charge in [-0.15, -0.1) is 0 Å². The molecule has 0 spiro atoms. The number of hydrogen-bond donors (Lipinski definition) is 1. The van der Waals surface area contributed by atoms with E-state index in [4.69, 9.17) is 5.73 Å². The van der Waals surface area contributed by atoms with Crippen molar-refractivity contribution in [1.29, 1.82) is 0 Å². The summed E-state index contributed by atoms with van der Waals surface area (Å²) < 4.78 is 0. The lowest BCUT2D eigenvalue weighted by molar-refractivity contribution is 0.0733. The Hall–Kier alpha value is -3.18. The van der Waals surface area contributed by atoms with Crippen LogP contribution in [-0.2, 0) is 13.0 Å². The van der Waals surface area contributed by atoms with Crippen LogP contribution in [0.4, 0.5) is 5.69 Å². The highest BCUT2D eigenvalue weighted by atomic mass is 16.2. The van der Waals surface area contributed by atoms with E-state index in [-0.39, 0.29) is 5.91 Å². The largest absolute Gasteiger partial charge is 0.398 e. The number of nitrogens with zero attached hydrogens (tertiary/aromatic N) is 3. The molecule has 0 saturated heterocycles. The first-order chi connectivity index (χ1) is 14.0. The van der Waals surface area contributed by atoms with Crippen LogP contribution in [-0.4, -0.2) is 47.4 Å². The number of anilines is 1. The van der Waals surface area contributed by atoms with E-state index in [1.807, 2.05) is 36.2 Å². The zero-order valence-electron chi connectivity index (χ0n) is 16.9. The fourth-order valence-corrected chi connectivity index (χ4v) is 3.98. The summed E-state index contributed by atoms with van der Waals surface area (Å²) >= 11 is 0. The van der Waals surface area contributed by atoms with Gasteiger partial charge < -0.3 is 10.6 Å². The summed E-state index contributed by atoms with van der Waals surface area (Å²) in [6.07, 6.45) is 4.38. The Kier molecular flexibility index (Phi) is 5.32.